The van der Waals surface area contributed by atoms with Gasteiger partial charge in [0.25, 0.3) is 0 Å². The summed E-state index contributed by atoms with van der Waals surface area (Å²) in [7, 11) is 0. The molecule has 0 aromatic heterocycles. The van der Waals surface area contributed by atoms with Crippen molar-refractivity contribution in [3.8, 4) is 0 Å². The average Bonchev–Trinajstić information content (AvgIpc) is 2.39. The molecule has 1 aromatic rings. The minimum absolute atomic E-state index is 0.190. The lowest BCUT2D eigenvalue weighted by Crippen LogP contribution is -2.62. The van der Waals surface area contributed by atoms with Gasteiger partial charge in [0, 0.05) is 6.21 Å². The first-order valence-corrected chi connectivity index (χ1v) is 7.70. The van der Waals surface area contributed by atoms with Gasteiger partial charge in [-0.05, 0) is 53.2 Å². The van der Waals surface area contributed by atoms with Crippen molar-refractivity contribution in [1.29, 1.82) is 0 Å². The molecule has 3 fully saturated rings. The van der Waals surface area contributed by atoms with Gasteiger partial charge in [0.2, 0.25) is 0 Å². The van der Waals surface area contributed by atoms with Crippen LogP contribution in [0.5, 0.6) is 0 Å². The van der Waals surface area contributed by atoms with Crippen molar-refractivity contribution >= 4 is 6.21 Å². The highest BCUT2D eigenvalue weighted by molar-refractivity contribution is 5.79. The van der Waals surface area contributed by atoms with Gasteiger partial charge in [-0.1, -0.05) is 39.8 Å². The van der Waals surface area contributed by atoms with E-state index in [1.165, 1.54) is 18.6 Å². The Hall–Kier alpha value is -1.18. The molecule has 1 nitrogen and oxygen atoms in total. The zero-order chi connectivity index (χ0) is 14.5. The van der Waals surface area contributed by atoms with Crippen LogP contribution in [0, 0.1) is 34.9 Å². The van der Waals surface area contributed by atoms with Crippen molar-refractivity contribution in [3.63, 3.8) is 0 Å². The topological polar surface area (TPSA) is 12.4 Å². The predicted molar refractivity (Wildman–Crippen MR) is 81.5 cm³/mol. The average molecular weight is 273 g/mol. The molecule has 0 radical (unpaired) electrons. The summed E-state index contributed by atoms with van der Waals surface area (Å²) in [6, 6.07) is 7.00. The van der Waals surface area contributed by atoms with E-state index < -0.39 is 0 Å². The molecule has 0 spiro atoms. The van der Waals surface area contributed by atoms with Crippen molar-refractivity contribution in [2.24, 2.45) is 34.1 Å². The first kappa shape index (κ1) is 13.8. The minimum Gasteiger partial charge on any atom is -0.289 e. The molecule has 0 heterocycles. The molecule has 0 saturated heterocycles. The zero-order valence-electron chi connectivity index (χ0n) is 12.8. The number of halogens is 1. The van der Waals surface area contributed by atoms with E-state index in [-0.39, 0.29) is 5.82 Å². The van der Waals surface area contributed by atoms with Gasteiger partial charge < -0.3 is 0 Å². The number of nitrogens with zero attached hydrogens (tertiary/aromatic N) is 1. The number of hydrogen-bond donors (Lipinski definition) is 0. The molecule has 3 aliphatic rings. The summed E-state index contributed by atoms with van der Waals surface area (Å²) in [5.41, 5.74) is 1.48. The van der Waals surface area contributed by atoms with Gasteiger partial charge in [-0.25, -0.2) is 4.39 Å². The Labute approximate surface area is 121 Å². The minimum atomic E-state index is -0.190. The zero-order valence-corrected chi connectivity index (χ0v) is 12.8. The summed E-state index contributed by atoms with van der Waals surface area (Å²) < 4.78 is 12.9. The molecule has 5 atom stereocenters. The molecular weight excluding hydrogens is 249 g/mol. The van der Waals surface area contributed by atoms with Crippen LogP contribution in [0.4, 0.5) is 4.39 Å². The van der Waals surface area contributed by atoms with E-state index in [2.05, 4.69) is 27.7 Å². The predicted octanol–water partition coefficient (Wildman–Crippen LogP) is 4.56. The third-order valence-corrected chi connectivity index (χ3v) is 5.97. The molecule has 4 rings (SSSR count). The third kappa shape index (κ3) is 2.01. The van der Waals surface area contributed by atoms with Gasteiger partial charge >= 0.3 is 0 Å². The van der Waals surface area contributed by atoms with Gasteiger partial charge in [-0.2, -0.15) is 0 Å². The van der Waals surface area contributed by atoms with E-state index in [1.54, 1.807) is 12.1 Å². The molecule has 20 heavy (non-hydrogen) atoms. The molecule has 2 bridgehead atoms. The molecule has 108 valence electrons. The van der Waals surface area contributed by atoms with Gasteiger partial charge in [0.05, 0.1) is 6.04 Å². The Kier molecular flexibility index (Phi) is 3.23. The van der Waals surface area contributed by atoms with Crippen molar-refractivity contribution in [1.82, 2.24) is 0 Å². The summed E-state index contributed by atoms with van der Waals surface area (Å²) in [4.78, 5) is 4.80. The van der Waals surface area contributed by atoms with Crippen LogP contribution < -0.4 is 0 Å². The Morgan fingerprint density at radius 2 is 1.80 bits per heavy atom. The summed E-state index contributed by atoms with van der Waals surface area (Å²) in [6.45, 7) is 9.58. The third-order valence-electron chi connectivity index (χ3n) is 5.97. The second-order valence-corrected chi connectivity index (χ2v) is 7.30. The highest BCUT2D eigenvalue weighted by Crippen LogP contribution is 2.65. The molecule has 0 aliphatic heterocycles. The lowest BCUT2D eigenvalue weighted by Gasteiger charge is -2.65. The molecule has 3 saturated carbocycles. The standard InChI is InChI=1S/C18H24FN/c1-11-15-9-16(12(2)17(11)18(15,3)4)20-10-13-5-7-14(19)8-6-13/h5-8,10-12,15-17H,9H2,1-4H3. The summed E-state index contributed by atoms with van der Waals surface area (Å²) >= 11 is 0. The second kappa shape index (κ2) is 4.68. The van der Waals surface area contributed by atoms with Crippen LogP contribution in [-0.4, -0.2) is 12.3 Å². The van der Waals surface area contributed by atoms with Crippen molar-refractivity contribution < 1.29 is 4.39 Å². The van der Waals surface area contributed by atoms with E-state index in [1.807, 2.05) is 6.21 Å². The second-order valence-electron chi connectivity index (χ2n) is 7.30. The number of aliphatic imine (C=N–C) groups is 1. The Balaban J connectivity index is 1.73. The maximum Gasteiger partial charge on any atom is 0.123 e. The normalized spacial score (nSPS) is 38.8. The monoisotopic (exact) mass is 273 g/mol. The smallest absolute Gasteiger partial charge is 0.123 e. The summed E-state index contributed by atoms with van der Waals surface area (Å²) in [5, 5.41) is 0. The Morgan fingerprint density at radius 1 is 1.15 bits per heavy atom. The van der Waals surface area contributed by atoms with Crippen LogP contribution >= 0.6 is 0 Å². The Morgan fingerprint density at radius 3 is 2.35 bits per heavy atom. The molecular formula is C18H24FN. The van der Waals surface area contributed by atoms with Gasteiger partial charge in [0.1, 0.15) is 5.82 Å². The maximum atomic E-state index is 12.9. The molecule has 2 heteroatoms. The Bertz CT molecular complexity index is 517. The van der Waals surface area contributed by atoms with E-state index in [0.29, 0.717) is 17.4 Å². The van der Waals surface area contributed by atoms with Gasteiger partial charge in [-0.15, -0.1) is 0 Å². The SMILES string of the molecule is CC1C(N=Cc2ccc(F)cc2)CC2C(C)C1C2(C)C. The van der Waals surface area contributed by atoms with Crippen molar-refractivity contribution in [3.05, 3.63) is 35.6 Å². The first-order chi connectivity index (χ1) is 9.41. The molecule has 3 aliphatic carbocycles. The number of rotatable bonds is 2. The van der Waals surface area contributed by atoms with E-state index in [9.17, 15) is 4.39 Å². The summed E-state index contributed by atoms with van der Waals surface area (Å²) in [6.07, 6.45) is 3.12. The van der Waals surface area contributed by atoms with Crippen LogP contribution in [0.2, 0.25) is 0 Å². The maximum absolute atomic E-state index is 12.9. The first-order valence-electron chi connectivity index (χ1n) is 7.70. The fraction of sp³-hybridized carbons (Fsp3) is 0.611. The number of hydrogen-bond acceptors (Lipinski definition) is 1. The lowest BCUT2D eigenvalue weighted by molar-refractivity contribution is -0.164. The van der Waals surface area contributed by atoms with Crippen LogP contribution in [-0.2, 0) is 0 Å². The summed E-state index contributed by atoms with van der Waals surface area (Å²) in [5.74, 6) is 2.89. The highest BCUT2D eigenvalue weighted by Gasteiger charge is 2.60. The van der Waals surface area contributed by atoms with Crippen LogP contribution in [0.25, 0.3) is 0 Å². The van der Waals surface area contributed by atoms with Gasteiger partial charge in [0.15, 0.2) is 0 Å². The van der Waals surface area contributed by atoms with Crippen LogP contribution in [0.15, 0.2) is 29.3 Å². The number of benzene rings is 1. The van der Waals surface area contributed by atoms with Crippen molar-refractivity contribution in [2.75, 3.05) is 0 Å². The van der Waals surface area contributed by atoms with E-state index in [0.717, 1.165) is 23.3 Å². The molecule has 5 unspecified atom stereocenters. The fourth-order valence-electron chi connectivity index (χ4n) is 5.05. The van der Waals surface area contributed by atoms with E-state index in [4.69, 9.17) is 4.99 Å². The molecule has 0 N–H and O–H groups in total. The lowest BCUT2D eigenvalue weighted by atomic mass is 9.40. The molecule has 0 amide bonds. The largest absolute Gasteiger partial charge is 0.289 e. The van der Waals surface area contributed by atoms with E-state index >= 15 is 0 Å². The fourth-order valence-corrected chi connectivity index (χ4v) is 5.05. The van der Waals surface area contributed by atoms with Crippen LogP contribution in [0.1, 0.15) is 39.7 Å². The molecule has 1 aromatic carbocycles. The van der Waals surface area contributed by atoms with Crippen LogP contribution in [0.3, 0.4) is 0 Å². The van der Waals surface area contributed by atoms with Gasteiger partial charge in [-0.3, -0.25) is 4.99 Å². The van der Waals surface area contributed by atoms with Crippen molar-refractivity contribution in [2.45, 2.75) is 40.2 Å². The number of fused-ring (bicyclic) bond motifs is 2. The quantitative estimate of drug-likeness (QED) is 0.700. The highest BCUT2D eigenvalue weighted by atomic mass is 19.1.